The monoisotopic (exact) mass is 323 g/mol. The quantitative estimate of drug-likeness (QED) is 0.528. The van der Waals surface area contributed by atoms with Crippen molar-refractivity contribution >= 4 is 11.4 Å². The number of nitro benzene ring substituents is 1. The molecule has 0 saturated carbocycles. The molecular weight excluding hydrogens is 306 g/mol. The van der Waals surface area contributed by atoms with Gasteiger partial charge in [0.1, 0.15) is 5.75 Å². The van der Waals surface area contributed by atoms with Crippen LogP contribution in [0.5, 0.6) is 5.75 Å². The maximum Gasteiger partial charge on any atom is 0.275 e. The summed E-state index contributed by atoms with van der Waals surface area (Å²) in [4.78, 5) is 15.7. The van der Waals surface area contributed by atoms with Crippen molar-refractivity contribution in [2.45, 2.75) is 18.4 Å². The molecule has 0 fully saturated rings. The van der Waals surface area contributed by atoms with Crippen molar-refractivity contribution in [3.8, 4) is 5.75 Å². The first kappa shape index (κ1) is 14.7. The molecule has 0 unspecified atom stereocenters. The van der Waals surface area contributed by atoms with E-state index in [-0.39, 0.29) is 28.5 Å². The number of hydrogen-bond acceptors (Lipinski definition) is 5. The highest BCUT2D eigenvalue weighted by molar-refractivity contribution is 5.73. The predicted octanol–water partition coefficient (Wildman–Crippen LogP) is 3.82. The Balaban J connectivity index is 1.90. The zero-order valence-corrected chi connectivity index (χ0v) is 13.2. The van der Waals surface area contributed by atoms with E-state index in [9.17, 15) is 10.1 Å². The Morgan fingerprint density at radius 2 is 2.21 bits per heavy atom. The van der Waals surface area contributed by atoms with Gasteiger partial charge in [-0.05, 0) is 30.5 Å². The van der Waals surface area contributed by atoms with Crippen LogP contribution in [-0.2, 0) is 0 Å². The number of rotatable bonds is 3. The molecule has 24 heavy (non-hydrogen) atoms. The van der Waals surface area contributed by atoms with Gasteiger partial charge in [0.25, 0.3) is 5.69 Å². The largest absolute Gasteiger partial charge is 0.495 e. The highest BCUT2D eigenvalue weighted by Crippen LogP contribution is 2.54. The summed E-state index contributed by atoms with van der Waals surface area (Å²) < 4.78 is 5.45. The molecule has 0 radical (unpaired) electrons. The summed E-state index contributed by atoms with van der Waals surface area (Å²) in [6.07, 6.45) is 6.82. The standard InChI is InChI=1S/C18H17N3O3/c1-24-15-9-8-14(21(22)23)16-11-5-4-6-12(11)17(20-18(15)16)13-7-2-3-10-19-13/h2-5,7-12,17,20H,6H2,1H3/t11-,12+,17-/m1/s1. The zero-order chi connectivity index (χ0) is 16.7. The van der Waals surface area contributed by atoms with Crippen LogP contribution in [0.2, 0.25) is 0 Å². The van der Waals surface area contributed by atoms with Gasteiger partial charge in [0.2, 0.25) is 0 Å². The molecule has 0 amide bonds. The van der Waals surface area contributed by atoms with E-state index in [1.807, 2.05) is 18.2 Å². The minimum absolute atomic E-state index is 0.00500. The van der Waals surface area contributed by atoms with Crippen LogP contribution in [0.4, 0.5) is 11.4 Å². The first-order valence-electron chi connectivity index (χ1n) is 7.90. The molecule has 4 rings (SSSR count). The summed E-state index contributed by atoms with van der Waals surface area (Å²) in [6, 6.07) is 9.01. The van der Waals surface area contributed by atoms with Crippen LogP contribution in [0, 0.1) is 16.0 Å². The van der Waals surface area contributed by atoms with Gasteiger partial charge in [0, 0.05) is 18.2 Å². The fourth-order valence-electron chi connectivity index (χ4n) is 3.85. The van der Waals surface area contributed by atoms with Gasteiger partial charge in [-0.3, -0.25) is 15.1 Å². The first-order chi connectivity index (χ1) is 11.7. The highest BCUT2D eigenvalue weighted by Gasteiger charge is 2.43. The van der Waals surface area contributed by atoms with Crippen molar-refractivity contribution in [2.24, 2.45) is 5.92 Å². The number of nitrogens with one attached hydrogen (secondary N) is 1. The van der Waals surface area contributed by atoms with Crippen LogP contribution in [0.1, 0.15) is 29.6 Å². The number of nitrogens with zero attached hydrogens (tertiary/aromatic N) is 2. The fraction of sp³-hybridized carbons (Fsp3) is 0.278. The highest BCUT2D eigenvalue weighted by atomic mass is 16.6. The van der Waals surface area contributed by atoms with Crippen molar-refractivity contribution in [3.05, 3.63) is 70.1 Å². The summed E-state index contributed by atoms with van der Waals surface area (Å²) in [6.45, 7) is 0. The lowest BCUT2D eigenvalue weighted by molar-refractivity contribution is -0.385. The van der Waals surface area contributed by atoms with Crippen LogP contribution in [0.25, 0.3) is 0 Å². The number of pyridine rings is 1. The zero-order valence-electron chi connectivity index (χ0n) is 13.2. The van der Waals surface area contributed by atoms with Crippen LogP contribution in [0.15, 0.2) is 48.7 Å². The van der Waals surface area contributed by atoms with Crippen LogP contribution in [-0.4, -0.2) is 17.0 Å². The van der Waals surface area contributed by atoms with E-state index in [1.165, 1.54) is 6.07 Å². The van der Waals surface area contributed by atoms with Crippen LogP contribution in [0.3, 0.4) is 0 Å². The second-order valence-electron chi connectivity index (χ2n) is 6.06. The Kier molecular flexibility index (Phi) is 3.45. The Morgan fingerprint density at radius 3 is 2.92 bits per heavy atom. The summed E-state index contributed by atoms with van der Waals surface area (Å²) in [5, 5.41) is 15.0. The molecule has 6 nitrogen and oxygen atoms in total. The lowest BCUT2D eigenvalue weighted by Crippen LogP contribution is -2.30. The smallest absolute Gasteiger partial charge is 0.275 e. The molecular formula is C18H17N3O3. The summed E-state index contributed by atoms with van der Waals surface area (Å²) in [5.74, 6) is 0.817. The number of methoxy groups -OCH3 is 1. The van der Waals surface area contributed by atoms with Crippen molar-refractivity contribution in [1.82, 2.24) is 4.98 Å². The van der Waals surface area contributed by atoms with Gasteiger partial charge < -0.3 is 10.1 Å². The number of ether oxygens (including phenoxy) is 1. The summed E-state index contributed by atoms with van der Waals surface area (Å²) in [5.41, 5.74) is 2.50. The van der Waals surface area contributed by atoms with E-state index < -0.39 is 0 Å². The van der Waals surface area contributed by atoms with Crippen LogP contribution < -0.4 is 10.1 Å². The molecule has 0 saturated heterocycles. The molecule has 2 aliphatic rings. The second kappa shape index (κ2) is 5.63. The molecule has 0 spiro atoms. The fourth-order valence-corrected chi connectivity index (χ4v) is 3.85. The van der Waals surface area contributed by atoms with Gasteiger partial charge in [-0.15, -0.1) is 0 Å². The molecule has 0 bridgehead atoms. The third-order valence-corrected chi connectivity index (χ3v) is 4.88. The molecule has 6 heteroatoms. The van der Waals surface area contributed by atoms with Gasteiger partial charge >= 0.3 is 0 Å². The third kappa shape index (κ3) is 2.14. The average Bonchev–Trinajstić information content (AvgIpc) is 3.10. The maximum atomic E-state index is 11.5. The molecule has 1 aromatic heterocycles. The van der Waals surface area contributed by atoms with Crippen LogP contribution >= 0.6 is 0 Å². The number of benzene rings is 1. The minimum Gasteiger partial charge on any atom is -0.495 e. The lowest BCUT2D eigenvalue weighted by atomic mass is 9.77. The number of hydrogen-bond donors (Lipinski definition) is 1. The SMILES string of the molecule is COc1ccc([N+](=O)[O-])c2c1N[C@@H](c1ccccn1)[C@H]1CC=C[C@@H]21. The van der Waals surface area contributed by atoms with E-state index in [1.54, 1.807) is 19.4 Å². The molecule has 1 aliphatic carbocycles. The number of fused-ring (bicyclic) bond motifs is 3. The number of nitro groups is 1. The summed E-state index contributed by atoms with van der Waals surface area (Å²) in [7, 11) is 1.58. The van der Waals surface area contributed by atoms with Crippen molar-refractivity contribution in [2.75, 3.05) is 12.4 Å². The molecule has 1 aromatic carbocycles. The Labute approximate surface area is 139 Å². The topological polar surface area (TPSA) is 77.3 Å². The molecule has 122 valence electrons. The van der Waals surface area contributed by atoms with Crippen molar-refractivity contribution in [1.29, 1.82) is 0 Å². The normalized spacial score (nSPS) is 24.0. The Bertz CT molecular complexity index is 820. The van der Waals surface area contributed by atoms with E-state index in [4.69, 9.17) is 4.74 Å². The molecule has 3 atom stereocenters. The van der Waals surface area contributed by atoms with Crippen molar-refractivity contribution in [3.63, 3.8) is 0 Å². The van der Waals surface area contributed by atoms with Gasteiger partial charge in [-0.2, -0.15) is 0 Å². The van der Waals surface area contributed by atoms with E-state index in [0.29, 0.717) is 17.0 Å². The Morgan fingerprint density at radius 1 is 1.33 bits per heavy atom. The number of aromatic nitrogens is 1. The Hall–Kier alpha value is -2.89. The van der Waals surface area contributed by atoms with Gasteiger partial charge in [0.15, 0.2) is 0 Å². The first-order valence-corrected chi connectivity index (χ1v) is 7.90. The molecule has 2 heterocycles. The van der Waals surface area contributed by atoms with E-state index in [2.05, 4.69) is 22.5 Å². The molecule has 1 aliphatic heterocycles. The number of allylic oxidation sites excluding steroid dienone is 2. The average molecular weight is 323 g/mol. The number of anilines is 1. The van der Waals surface area contributed by atoms with Crippen molar-refractivity contribution < 1.29 is 9.66 Å². The second-order valence-corrected chi connectivity index (χ2v) is 6.06. The van der Waals surface area contributed by atoms with Gasteiger partial charge in [0.05, 0.1) is 35.0 Å². The lowest BCUT2D eigenvalue weighted by Gasteiger charge is -2.37. The summed E-state index contributed by atoms with van der Waals surface area (Å²) >= 11 is 0. The molecule has 2 aromatic rings. The van der Waals surface area contributed by atoms with E-state index in [0.717, 1.165) is 12.1 Å². The minimum atomic E-state index is -0.315. The third-order valence-electron chi connectivity index (χ3n) is 4.88. The van der Waals surface area contributed by atoms with Gasteiger partial charge in [-0.25, -0.2) is 0 Å². The molecule has 1 N–H and O–H groups in total. The predicted molar refractivity (Wildman–Crippen MR) is 90.2 cm³/mol. The van der Waals surface area contributed by atoms with Gasteiger partial charge in [-0.1, -0.05) is 18.2 Å². The van der Waals surface area contributed by atoms with E-state index >= 15 is 0 Å². The maximum absolute atomic E-state index is 11.5.